The monoisotopic (exact) mass is 159 g/mol. The molecule has 0 amide bonds. The van der Waals surface area contributed by atoms with Crippen LogP contribution < -0.4 is 5.32 Å². The molecule has 0 unspecified atom stereocenters. The van der Waals surface area contributed by atoms with E-state index in [-0.39, 0.29) is 0 Å². The van der Waals surface area contributed by atoms with E-state index in [9.17, 15) is 4.79 Å². The summed E-state index contributed by atoms with van der Waals surface area (Å²) < 4.78 is 0. The van der Waals surface area contributed by atoms with Crippen LogP contribution in [-0.2, 0) is 4.79 Å². The smallest absolute Gasteiger partial charge is 0.320 e. The first-order chi connectivity index (χ1) is 5.07. The van der Waals surface area contributed by atoms with Crippen LogP contribution in [0, 0.1) is 0 Å². The molecule has 66 valence electrons. The van der Waals surface area contributed by atoms with Gasteiger partial charge in [-0.15, -0.1) is 0 Å². The molecule has 0 aliphatic heterocycles. The molecule has 0 spiro atoms. The molecular weight excluding hydrogens is 142 g/mol. The average molecular weight is 159 g/mol. The fourth-order valence-electron chi connectivity index (χ4n) is 1.01. The second kappa shape index (κ2) is 5.13. The summed E-state index contributed by atoms with van der Waals surface area (Å²) in [6, 6.07) is -0.136. The zero-order chi connectivity index (χ0) is 8.85. The number of rotatable bonds is 5. The minimum absolute atomic E-state index is 0.297. The third-order valence-corrected chi connectivity index (χ3v) is 1.63. The Morgan fingerprint density at radius 3 is 2.45 bits per heavy atom. The summed E-state index contributed by atoms with van der Waals surface area (Å²) in [4.78, 5) is 10.4. The van der Waals surface area contributed by atoms with E-state index >= 15 is 0 Å². The molecule has 0 rings (SSSR count). The van der Waals surface area contributed by atoms with E-state index in [4.69, 9.17) is 5.11 Å². The third-order valence-electron chi connectivity index (χ3n) is 1.63. The van der Waals surface area contributed by atoms with Gasteiger partial charge in [-0.25, -0.2) is 0 Å². The van der Waals surface area contributed by atoms with Crippen LogP contribution in [0.4, 0.5) is 0 Å². The topological polar surface area (TPSA) is 49.3 Å². The van der Waals surface area contributed by atoms with Crippen LogP contribution in [0.2, 0.25) is 0 Å². The zero-order valence-corrected chi connectivity index (χ0v) is 7.42. The normalized spacial score (nSPS) is 15.9. The molecular formula is C8H17NO2. The van der Waals surface area contributed by atoms with E-state index in [0.717, 1.165) is 12.8 Å². The maximum atomic E-state index is 10.4. The van der Waals surface area contributed by atoms with Crippen LogP contribution in [0.3, 0.4) is 0 Å². The van der Waals surface area contributed by atoms with Gasteiger partial charge in [-0.05, 0) is 20.3 Å². The van der Waals surface area contributed by atoms with E-state index in [0.29, 0.717) is 6.04 Å². The largest absolute Gasteiger partial charge is 0.480 e. The summed E-state index contributed by atoms with van der Waals surface area (Å²) in [6.07, 6.45) is 2.11. The van der Waals surface area contributed by atoms with Gasteiger partial charge in [0.25, 0.3) is 0 Å². The standard InChI is InChI=1S/C8H17NO2/c1-4-5-6(2)9-7(3)8(10)11/h6-7,9H,4-5H2,1-3H3,(H,10,11)/t6-,7+/m1/s1. The molecule has 0 aliphatic rings. The minimum Gasteiger partial charge on any atom is -0.480 e. The van der Waals surface area contributed by atoms with E-state index in [1.165, 1.54) is 0 Å². The summed E-state index contributed by atoms with van der Waals surface area (Å²) in [5, 5.41) is 11.5. The van der Waals surface area contributed by atoms with Gasteiger partial charge in [0.15, 0.2) is 0 Å². The number of carbonyl (C=O) groups is 1. The SMILES string of the molecule is CCC[C@@H](C)N[C@@H](C)C(=O)O. The molecule has 0 aromatic carbocycles. The van der Waals surface area contributed by atoms with Crippen LogP contribution in [0.15, 0.2) is 0 Å². The summed E-state index contributed by atoms with van der Waals surface area (Å²) in [7, 11) is 0. The molecule has 0 fully saturated rings. The van der Waals surface area contributed by atoms with Gasteiger partial charge in [0.05, 0.1) is 0 Å². The van der Waals surface area contributed by atoms with Crippen molar-refractivity contribution in [3.05, 3.63) is 0 Å². The Hall–Kier alpha value is -0.570. The van der Waals surface area contributed by atoms with Crippen molar-refractivity contribution in [2.75, 3.05) is 0 Å². The highest BCUT2D eigenvalue weighted by Gasteiger charge is 2.12. The van der Waals surface area contributed by atoms with E-state index in [1.807, 2.05) is 6.92 Å². The summed E-state index contributed by atoms with van der Waals surface area (Å²) in [5.74, 6) is -0.784. The number of carboxylic acid groups (broad SMARTS) is 1. The van der Waals surface area contributed by atoms with Crippen LogP contribution in [-0.4, -0.2) is 23.2 Å². The summed E-state index contributed by atoms with van der Waals surface area (Å²) in [5.41, 5.74) is 0. The predicted molar refractivity (Wildman–Crippen MR) is 44.6 cm³/mol. The summed E-state index contributed by atoms with van der Waals surface area (Å²) in [6.45, 7) is 5.75. The van der Waals surface area contributed by atoms with Gasteiger partial charge >= 0.3 is 5.97 Å². The van der Waals surface area contributed by atoms with Crippen LogP contribution in [0.5, 0.6) is 0 Å². The Morgan fingerprint density at radius 2 is 2.09 bits per heavy atom. The predicted octanol–water partition coefficient (Wildman–Crippen LogP) is 1.24. The maximum absolute atomic E-state index is 10.4. The van der Waals surface area contributed by atoms with Crippen LogP contribution in [0.1, 0.15) is 33.6 Å². The number of aliphatic carboxylic acids is 1. The first kappa shape index (κ1) is 10.4. The first-order valence-electron chi connectivity index (χ1n) is 4.06. The Morgan fingerprint density at radius 1 is 1.55 bits per heavy atom. The molecule has 11 heavy (non-hydrogen) atoms. The van der Waals surface area contributed by atoms with Gasteiger partial charge < -0.3 is 10.4 Å². The third kappa shape index (κ3) is 4.79. The van der Waals surface area contributed by atoms with E-state index in [2.05, 4.69) is 12.2 Å². The van der Waals surface area contributed by atoms with Crippen LogP contribution in [0.25, 0.3) is 0 Å². The fraction of sp³-hybridized carbons (Fsp3) is 0.875. The quantitative estimate of drug-likeness (QED) is 0.634. The van der Waals surface area contributed by atoms with Gasteiger partial charge in [0.2, 0.25) is 0 Å². The van der Waals surface area contributed by atoms with Crippen molar-refractivity contribution < 1.29 is 9.90 Å². The lowest BCUT2D eigenvalue weighted by Gasteiger charge is -2.15. The Balaban J connectivity index is 3.56. The highest BCUT2D eigenvalue weighted by atomic mass is 16.4. The second-order valence-corrected chi connectivity index (χ2v) is 2.92. The fourth-order valence-corrected chi connectivity index (χ4v) is 1.01. The number of nitrogens with one attached hydrogen (secondary N) is 1. The lowest BCUT2D eigenvalue weighted by atomic mass is 10.2. The highest BCUT2D eigenvalue weighted by molar-refractivity contribution is 5.72. The summed E-state index contributed by atoms with van der Waals surface area (Å²) >= 11 is 0. The highest BCUT2D eigenvalue weighted by Crippen LogP contribution is 1.96. The maximum Gasteiger partial charge on any atom is 0.320 e. The van der Waals surface area contributed by atoms with E-state index < -0.39 is 12.0 Å². The molecule has 0 aromatic heterocycles. The molecule has 2 atom stereocenters. The van der Waals surface area contributed by atoms with Crippen molar-refractivity contribution in [1.82, 2.24) is 5.32 Å². The molecule has 0 aromatic rings. The Labute approximate surface area is 67.8 Å². The first-order valence-corrected chi connectivity index (χ1v) is 4.06. The van der Waals surface area contributed by atoms with E-state index in [1.54, 1.807) is 6.92 Å². The van der Waals surface area contributed by atoms with Crippen molar-refractivity contribution >= 4 is 5.97 Å². The number of hydrogen-bond donors (Lipinski definition) is 2. The molecule has 0 radical (unpaired) electrons. The molecule has 0 bridgehead atoms. The average Bonchev–Trinajstić information content (AvgIpc) is 1.87. The Kier molecular flexibility index (Phi) is 4.86. The van der Waals surface area contributed by atoms with Crippen molar-refractivity contribution in [3.63, 3.8) is 0 Å². The minimum atomic E-state index is -0.784. The van der Waals surface area contributed by atoms with Crippen molar-refractivity contribution in [2.24, 2.45) is 0 Å². The molecule has 0 saturated carbocycles. The molecule has 3 nitrogen and oxygen atoms in total. The molecule has 3 heteroatoms. The van der Waals surface area contributed by atoms with Crippen molar-refractivity contribution in [3.8, 4) is 0 Å². The molecule has 0 heterocycles. The van der Waals surface area contributed by atoms with Crippen LogP contribution >= 0.6 is 0 Å². The van der Waals surface area contributed by atoms with Crippen molar-refractivity contribution in [2.45, 2.75) is 45.7 Å². The lowest BCUT2D eigenvalue weighted by Crippen LogP contribution is -2.39. The second-order valence-electron chi connectivity index (χ2n) is 2.92. The van der Waals surface area contributed by atoms with Gasteiger partial charge in [0.1, 0.15) is 6.04 Å². The zero-order valence-electron chi connectivity index (χ0n) is 7.42. The number of carboxylic acids is 1. The molecule has 2 N–H and O–H groups in total. The van der Waals surface area contributed by atoms with Gasteiger partial charge in [-0.3, -0.25) is 4.79 Å². The Bertz CT molecular complexity index is 125. The van der Waals surface area contributed by atoms with Crippen molar-refractivity contribution in [1.29, 1.82) is 0 Å². The lowest BCUT2D eigenvalue weighted by molar-refractivity contribution is -0.139. The van der Waals surface area contributed by atoms with Gasteiger partial charge in [-0.1, -0.05) is 13.3 Å². The van der Waals surface area contributed by atoms with Gasteiger partial charge in [0, 0.05) is 6.04 Å². The van der Waals surface area contributed by atoms with Gasteiger partial charge in [-0.2, -0.15) is 0 Å². The molecule has 0 saturated heterocycles. The molecule has 0 aliphatic carbocycles. The number of hydrogen-bond acceptors (Lipinski definition) is 2.